The van der Waals surface area contributed by atoms with Gasteiger partial charge in [-0.25, -0.2) is 4.99 Å². The van der Waals surface area contributed by atoms with Crippen LogP contribution in [0, 0.1) is 0 Å². The predicted molar refractivity (Wildman–Crippen MR) is 109 cm³/mol. The molecule has 7 heteroatoms. The first kappa shape index (κ1) is 18.6. The van der Waals surface area contributed by atoms with Gasteiger partial charge in [0.1, 0.15) is 6.10 Å². The SMILES string of the molecule is CCNC(=NCc1cccc2cccnc12)NCC(O)c1ccc(Cl)s1. The van der Waals surface area contributed by atoms with Crippen molar-refractivity contribution in [1.29, 1.82) is 0 Å². The zero-order chi connectivity index (χ0) is 18.4. The second-order valence-corrected chi connectivity index (χ2v) is 7.47. The molecule has 1 unspecified atom stereocenters. The summed E-state index contributed by atoms with van der Waals surface area (Å²) < 4.78 is 0.670. The van der Waals surface area contributed by atoms with Gasteiger partial charge in [0, 0.05) is 29.5 Å². The Balaban J connectivity index is 1.68. The molecule has 0 bridgehead atoms. The summed E-state index contributed by atoms with van der Waals surface area (Å²) in [5.41, 5.74) is 2.02. The fourth-order valence-electron chi connectivity index (χ4n) is 2.60. The zero-order valence-electron chi connectivity index (χ0n) is 14.4. The van der Waals surface area contributed by atoms with E-state index in [0.717, 1.165) is 27.9 Å². The molecule has 3 rings (SSSR count). The van der Waals surface area contributed by atoms with Crippen LogP contribution in [0.3, 0.4) is 0 Å². The molecule has 136 valence electrons. The second kappa shape index (κ2) is 8.98. The number of hydrogen-bond donors (Lipinski definition) is 3. The van der Waals surface area contributed by atoms with Gasteiger partial charge in [0.15, 0.2) is 5.96 Å². The monoisotopic (exact) mass is 388 g/mol. The van der Waals surface area contributed by atoms with E-state index in [2.05, 4.69) is 20.6 Å². The van der Waals surface area contributed by atoms with E-state index in [1.807, 2.05) is 43.3 Å². The number of aromatic nitrogens is 1. The van der Waals surface area contributed by atoms with Gasteiger partial charge in [0.2, 0.25) is 0 Å². The lowest BCUT2D eigenvalue weighted by molar-refractivity contribution is 0.184. The van der Waals surface area contributed by atoms with E-state index in [4.69, 9.17) is 11.6 Å². The lowest BCUT2D eigenvalue weighted by atomic mass is 10.1. The van der Waals surface area contributed by atoms with Crippen molar-refractivity contribution in [1.82, 2.24) is 15.6 Å². The van der Waals surface area contributed by atoms with Gasteiger partial charge in [-0.05, 0) is 30.7 Å². The van der Waals surface area contributed by atoms with E-state index < -0.39 is 6.10 Å². The van der Waals surface area contributed by atoms with Gasteiger partial charge in [-0.2, -0.15) is 0 Å². The van der Waals surface area contributed by atoms with Gasteiger partial charge in [0.25, 0.3) is 0 Å². The summed E-state index contributed by atoms with van der Waals surface area (Å²) in [4.78, 5) is 9.92. The Morgan fingerprint density at radius 3 is 2.85 bits per heavy atom. The first-order valence-corrected chi connectivity index (χ1v) is 9.65. The second-order valence-electron chi connectivity index (χ2n) is 5.73. The van der Waals surface area contributed by atoms with Crippen molar-refractivity contribution >= 4 is 39.8 Å². The van der Waals surface area contributed by atoms with Crippen LogP contribution < -0.4 is 10.6 Å². The van der Waals surface area contributed by atoms with E-state index in [1.54, 1.807) is 12.3 Å². The first-order valence-electron chi connectivity index (χ1n) is 8.45. The molecule has 1 atom stereocenters. The number of aliphatic hydroxyl groups is 1. The van der Waals surface area contributed by atoms with Gasteiger partial charge in [-0.1, -0.05) is 35.9 Å². The van der Waals surface area contributed by atoms with Crippen molar-refractivity contribution < 1.29 is 5.11 Å². The van der Waals surface area contributed by atoms with Crippen molar-refractivity contribution in [3.63, 3.8) is 0 Å². The molecule has 0 saturated heterocycles. The van der Waals surface area contributed by atoms with E-state index in [1.165, 1.54) is 11.3 Å². The zero-order valence-corrected chi connectivity index (χ0v) is 16.0. The van der Waals surface area contributed by atoms with Crippen LogP contribution in [0.1, 0.15) is 23.5 Å². The molecule has 5 nitrogen and oxygen atoms in total. The van der Waals surface area contributed by atoms with Crippen LogP contribution in [0.15, 0.2) is 53.7 Å². The molecular weight excluding hydrogens is 368 g/mol. The van der Waals surface area contributed by atoms with Crippen LogP contribution in [0.5, 0.6) is 0 Å². The van der Waals surface area contributed by atoms with Crippen LogP contribution >= 0.6 is 22.9 Å². The lowest BCUT2D eigenvalue weighted by Crippen LogP contribution is -2.39. The largest absolute Gasteiger partial charge is 0.386 e. The van der Waals surface area contributed by atoms with Crippen molar-refractivity contribution in [3.8, 4) is 0 Å². The number of aliphatic hydroxyl groups excluding tert-OH is 1. The molecule has 3 N–H and O–H groups in total. The Kier molecular flexibility index (Phi) is 6.44. The number of nitrogens with zero attached hydrogens (tertiary/aromatic N) is 2. The maximum absolute atomic E-state index is 10.3. The molecule has 26 heavy (non-hydrogen) atoms. The van der Waals surface area contributed by atoms with Gasteiger partial charge in [-0.3, -0.25) is 4.98 Å². The average Bonchev–Trinajstić information content (AvgIpc) is 3.10. The summed E-state index contributed by atoms with van der Waals surface area (Å²) >= 11 is 7.31. The van der Waals surface area contributed by atoms with Crippen molar-refractivity contribution in [2.75, 3.05) is 13.1 Å². The molecule has 0 aliphatic rings. The molecule has 0 radical (unpaired) electrons. The minimum Gasteiger partial charge on any atom is -0.386 e. The Morgan fingerprint density at radius 2 is 2.08 bits per heavy atom. The number of aliphatic imine (C=N–C) groups is 1. The summed E-state index contributed by atoms with van der Waals surface area (Å²) in [5, 5.41) is 17.8. The quantitative estimate of drug-likeness (QED) is 0.444. The van der Waals surface area contributed by atoms with Crippen molar-refractivity contribution in [3.05, 3.63) is 63.4 Å². The fraction of sp³-hybridized carbons (Fsp3) is 0.263. The number of halogens is 1. The topological polar surface area (TPSA) is 69.5 Å². The third kappa shape index (κ3) is 4.72. The Labute approximate surface area is 161 Å². The molecule has 0 saturated carbocycles. The van der Waals surface area contributed by atoms with Gasteiger partial charge >= 0.3 is 0 Å². The minimum absolute atomic E-state index is 0.358. The molecule has 0 spiro atoms. The third-order valence-corrected chi connectivity index (χ3v) is 5.19. The highest BCUT2D eigenvalue weighted by atomic mass is 35.5. The van der Waals surface area contributed by atoms with Crippen LogP contribution in [0.2, 0.25) is 4.34 Å². The maximum Gasteiger partial charge on any atom is 0.191 e. The molecule has 0 fully saturated rings. The summed E-state index contributed by atoms with van der Waals surface area (Å²) in [7, 11) is 0. The van der Waals surface area contributed by atoms with Crippen molar-refractivity contribution in [2.45, 2.75) is 19.6 Å². The highest BCUT2D eigenvalue weighted by molar-refractivity contribution is 7.16. The number of fused-ring (bicyclic) bond motifs is 1. The summed E-state index contributed by atoms with van der Waals surface area (Å²) in [6, 6.07) is 13.7. The summed E-state index contributed by atoms with van der Waals surface area (Å²) in [6.45, 7) is 3.60. The minimum atomic E-state index is -0.629. The van der Waals surface area contributed by atoms with Crippen LogP contribution in [-0.2, 0) is 6.54 Å². The predicted octanol–water partition coefficient (Wildman–Crippen LogP) is 3.74. The van der Waals surface area contributed by atoms with Gasteiger partial charge < -0.3 is 15.7 Å². The highest BCUT2D eigenvalue weighted by Gasteiger charge is 2.11. The molecule has 0 aliphatic heterocycles. The molecule has 1 aromatic carbocycles. The average molecular weight is 389 g/mol. The Bertz CT molecular complexity index is 891. The number of rotatable bonds is 6. The molecule has 2 aromatic heterocycles. The number of benzene rings is 1. The van der Waals surface area contributed by atoms with Crippen molar-refractivity contribution in [2.24, 2.45) is 4.99 Å². The van der Waals surface area contributed by atoms with Crippen LogP contribution in [0.4, 0.5) is 0 Å². The normalized spacial score (nSPS) is 13.0. The number of thiophene rings is 1. The smallest absolute Gasteiger partial charge is 0.191 e. The standard InChI is InChI=1S/C19H21ClN4OS/c1-2-21-19(24-12-15(25)16-8-9-17(20)26-16)23-11-14-6-3-5-13-7-4-10-22-18(13)14/h3-10,15,25H,2,11-12H2,1H3,(H2,21,23,24). The molecule has 3 aromatic rings. The molecule has 0 amide bonds. The number of para-hydroxylation sites is 1. The van der Waals surface area contributed by atoms with E-state index >= 15 is 0 Å². The first-order chi connectivity index (χ1) is 12.7. The van der Waals surface area contributed by atoms with Gasteiger partial charge in [-0.15, -0.1) is 11.3 Å². The van der Waals surface area contributed by atoms with Crippen LogP contribution in [0.25, 0.3) is 10.9 Å². The highest BCUT2D eigenvalue weighted by Crippen LogP contribution is 2.26. The lowest BCUT2D eigenvalue weighted by Gasteiger charge is -2.14. The summed E-state index contributed by atoms with van der Waals surface area (Å²) in [5.74, 6) is 0.655. The number of pyridine rings is 1. The summed E-state index contributed by atoms with van der Waals surface area (Å²) in [6.07, 6.45) is 1.16. The maximum atomic E-state index is 10.3. The number of hydrogen-bond acceptors (Lipinski definition) is 4. The number of nitrogens with one attached hydrogen (secondary N) is 2. The van der Waals surface area contributed by atoms with E-state index in [9.17, 15) is 5.11 Å². The van der Waals surface area contributed by atoms with Gasteiger partial charge in [0.05, 0.1) is 16.4 Å². The molecule has 0 aliphatic carbocycles. The van der Waals surface area contributed by atoms with E-state index in [-0.39, 0.29) is 0 Å². The molecule has 2 heterocycles. The Morgan fingerprint density at radius 1 is 1.23 bits per heavy atom. The third-order valence-electron chi connectivity index (χ3n) is 3.85. The molecular formula is C19H21ClN4OS. The van der Waals surface area contributed by atoms with Crippen LogP contribution in [-0.4, -0.2) is 29.1 Å². The van der Waals surface area contributed by atoms with E-state index in [0.29, 0.717) is 23.4 Å². The fourth-order valence-corrected chi connectivity index (χ4v) is 3.65. The number of guanidine groups is 1. The Hall–Kier alpha value is -2.15.